The van der Waals surface area contributed by atoms with Crippen LogP contribution in [0.3, 0.4) is 0 Å². The third-order valence-corrected chi connectivity index (χ3v) is 5.54. The smallest absolute Gasteiger partial charge is 0.253 e. The number of benzene rings is 2. The van der Waals surface area contributed by atoms with E-state index in [0.29, 0.717) is 18.7 Å². The number of hydrogen-bond acceptors (Lipinski definition) is 4. The molecule has 0 aromatic heterocycles. The maximum absolute atomic E-state index is 12.6. The molecule has 1 amide bonds. The number of phenols is 1. The van der Waals surface area contributed by atoms with Crippen molar-refractivity contribution in [3.63, 3.8) is 0 Å². The van der Waals surface area contributed by atoms with E-state index in [2.05, 4.69) is 0 Å². The maximum atomic E-state index is 12.6. The molecule has 1 heterocycles. The number of aromatic hydroxyl groups is 1. The summed E-state index contributed by atoms with van der Waals surface area (Å²) >= 11 is 0. The first-order valence-corrected chi connectivity index (χ1v) is 10.3. The van der Waals surface area contributed by atoms with Crippen LogP contribution in [0, 0.1) is 0 Å². The van der Waals surface area contributed by atoms with E-state index in [-0.39, 0.29) is 11.7 Å². The van der Waals surface area contributed by atoms with Crippen LogP contribution in [0.25, 0.3) is 5.57 Å². The largest absolute Gasteiger partial charge is 0.508 e. The van der Waals surface area contributed by atoms with Crippen molar-refractivity contribution in [1.29, 1.82) is 0 Å². The van der Waals surface area contributed by atoms with Crippen LogP contribution >= 0.6 is 0 Å². The molecular weight excluding hydrogens is 364 g/mol. The Bertz CT molecular complexity index is 860. The number of hydrogen-bond donors (Lipinski definition) is 1. The Balaban J connectivity index is 1.98. The van der Waals surface area contributed by atoms with Crippen LogP contribution in [0.4, 0.5) is 0 Å². The van der Waals surface area contributed by atoms with E-state index in [1.807, 2.05) is 60.2 Å². The number of rotatable bonds is 6. The second-order valence-electron chi connectivity index (χ2n) is 7.20. The minimum absolute atomic E-state index is 0.0570. The average molecular weight is 395 g/mol. The van der Waals surface area contributed by atoms with E-state index in [9.17, 15) is 9.90 Å². The highest BCUT2D eigenvalue weighted by Crippen LogP contribution is 2.33. The summed E-state index contributed by atoms with van der Waals surface area (Å²) < 4.78 is 0. The first-order chi connectivity index (χ1) is 14.1. The zero-order valence-electron chi connectivity index (χ0n) is 17.5. The van der Waals surface area contributed by atoms with Crippen molar-refractivity contribution >= 4 is 11.5 Å². The summed E-state index contributed by atoms with van der Waals surface area (Å²) in [5.41, 5.74) is 5.23. The number of piperidine rings is 1. The number of nitrogens with zero attached hydrogens (tertiary/aromatic N) is 2. The van der Waals surface area contributed by atoms with Crippen LogP contribution in [-0.4, -0.2) is 54.3 Å². The van der Waals surface area contributed by atoms with Gasteiger partial charge in [-0.15, -0.1) is 0 Å². The van der Waals surface area contributed by atoms with Crippen molar-refractivity contribution in [3.8, 4) is 5.75 Å². The molecule has 0 spiro atoms. The molecule has 0 unspecified atom stereocenters. The van der Waals surface area contributed by atoms with E-state index in [1.165, 1.54) is 5.57 Å². The number of amides is 1. The molecule has 0 radical (unpaired) electrons. The summed E-state index contributed by atoms with van der Waals surface area (Å²) in [6.45, 7) is 7.07. The molecule has 1 fully saturated rings. The van der Waals surface area contributed by atoms with E-state index in [4.69, 9.17) is 4.84 Å². The Kier molecular flexibility index (Phi) is 7.07. The van der Waals surface area contributed by atoms with E-state index in [0.717, 1.165) is 42.6 Å². The fourth-order valence-electron chi connectivity index (χ4n) is 3.90. The lowest BCUT2D eigenvalue weighted by Gasteiger charge is -2.28. The lowest BCUT2D eigenvalue weighted by molar-refractivity contribution is -0.135. The topological polar surface area (TPSA) is 53.0 Å². The van der Waals surface area contributed by atoms with Gasteiger partial charge in [-0.25, -0.2) is 0 Å². The molecule has 1 saturated heterocycles. The highest BCUT2D eigenvalue weighted by Gasteiger charge is 2.20. The molecule has 0 atom stereocenters. The Hall–Kier alpha value is -2.63. The van der Waals surface area contributed by atoms with Crippen molar-refractivity contribution in [3.05, 3.63) is 70.8 Å². The SMILES string of the molecule is CCN(CC)C(=O)c1ccc(C(=C2CCN(OC)CC2)c2cccc(O)c2)cc1. The van der Waals surface area contributed by atoms with Crippen molar-refractivity contribution < 1.29 is 14.7 Å². The van der Waals surface area contributed by atoms with Gasteiger partial charge in [0.15, 0.2) is 0 Å². The Labute approximate surface area is 173 Å². The lowest BCUT2D eigenvalue weighted by atomic mass is 9.88. The van der Waals surface area contributed by atoms with E-state index >= 15 is 0 Å². The zero-order chi connectivity index (χ0) is 20.8. The molecule has 1 N–H and O–H groups in total. The molecule has 5 nitrogen and oxygen atoms in total. The molecule has 0 bridgehead atoms. The summed E-state index contributed by atoms with van der Waals surface area (Å²) in [4.78, 5) is 19.8. The van der Waals surface area contributed by atoms with Gasteiger partial charge in [0.25, 0.3) is 5.91 Å². The predicted octanol–water partition coefficient (Wildman–Crippen LogP) is 4.33. The van der Waals surface area contributed by atoms with Crippen molar-refractivity contribution in [2.24, 2.45) is 0 Å². The quantitative estimate of drug-likeness (QED) is 0.792. The van der Waals surface area contributed by atoms with Gasteiger partial charge in [-0.1, -0.05) is 29.8 Å². The number of phenolic OH excluding ortho intramolecular Hbond substituents is 1. The molecule has 1 aliphatic heterocycles. The Morgan fingerprint density at radius 2 is 1.62 bits per heavy atom. The standard InChI is InChI=1S/C24H30N2O3/c1-4-25(5-2)24(28)20-11-9-18(10-12-20)23(21-7-6-8-22(27)17-21)19-13-15-26(29-3)16-14-19/h6-12,17,27H,4-5,13-16H2,1-3H3. The van der Waals surface area contributed by atoms with Gasteiger partial charge in [0.1, 0.15) is 5.75 Å². The Morgan fingerprint density at radius 3 is 2.17 bits per heavy atom. The average Bonchev–Trinajstić information content (AvgIpc) is 2.76. The molecule has 0 saturated carbocycles. The van der Waals surface area contributed by atoms with Crippen LogP contribution < -0.4 is 0 Å². The van der Waals surface area contributed by atoms with Gasteiger partial charge in [0.2, 0.25) is 0 Å². The molecular formula is C24H30N2O3. The molecule has 0 aliphatic carbocycles. The van der Waals surface area contributed by atoms with Gasteiger partial charge in [0, 0.05) is 31.7 Å². The normalized spacial score (nSPS) is 14.7. The first kappa shape index (κ1) is 21.1. The summed E-state index contributed by atoms with van der Waals surface area (Å²) in [5, 5.41) is 12.0. The second kappa shape index (κ2) is 9.72. The van der Waals surface area contributed by atoms with Gasteiger partial charge in [0.05, 0.1) is 7.11 Å². The fraction of sp³-hybridized carbons (Fsp3) is 0.375. The van der Waals surface area contributed by atoms with E-state index < -0.39 is 0 Å². The van der Waals surface area contributed by atoms with Gasteiger partial charge < -0.3 is 14.8 Å². The van der Waals surface area contributed by atoms with Crippen LogP contribution in [0.5, 0.6) is 5.75 Å². The van der Waals surface area contributed by atoms with E-state index in [1.54, 1.807) is 19.2 Å². The first-order valence-electron chi connectivity index (χ1n) is 10.3. The van der Waals surface area contributed by atoms with Crippen LogP contribution in [0.2, 0.25) is 0 Å². The van der Waals surface area contributed by atoms with Crippen LogP contribution in [0.15, 0.2) is 54.1 Å². The fourth-order valence-corrected chi connectivity index (χ4v) is 3.90. The molecule has 3 rings (SSSR count). The maximum Gasteiger partial charge on any atom is 0.253 e. The Morgan fingerprint density at radius 1 is 1.00 bits per heavy atom. The van der Waals surface area contributed by atoms with Crippen molar-refractivity contribution in [1.82, 2.24) is 9.96 Å². The molecule has 2 aromatic carbocycles. The monoisotopic (exact) mass is 394 g/mol. The molecule has 29 heavy (non-hydrogen) atoms. The minimum Gasteiger partial charge on any atom is -0.508 e. The highest BCUT2D eigenvalue weighted by molar-refractivity contribution is 5.95. The van der Waals surface area contributed by atoms with Gasteiger partial charge in [-0.2, -0.15) is 5.06 Å². The van der Waals surface area contributed by atoms with Gasteiger partial charge in [-0.05, 0) is 67.7 Å². The number of carbonyl (C=O) groups is 1. The molecule has 1 aliphatic rings. The number of hydroxylamine groups is 2. The van der Waals surface area contributed by atoms with Gasteiger partial charge in [-0.3, -0.25) is 4.79 Å². The second-order valence-corrected chi connectivity index (χ2v) is 7.20. The van der Waals surface area contributed by atoms with Crippen LogP contribution in [0.1, 0.15) is 48.2 Å². The van der Waals surface area contributed by atoms with Crippen LogP contribution in [-0.2, 0) is 4.84 Å². The molecule has 154 valence electrons. The van der Waals surface area contributed by atoms with Crippen molar-refractivity contribution in [2.75, 3.05) is 33.3 Å². The van der Waals surface area contributed by atoms with Gasteiger partial charge >= 0.3 is 0 Å². The number of carbonyl (C=O) groups excluding carboxylic acids is 1. The predicted molar refractivity (Wildman–Crippen MR) is 116 cm³/mol. The summed E-state index contributed by atoms with van der Waals surface area (Å²) in [5.74, 6) is 0.310. The summed E-state index contributed by atoms with van der Waals surface area (Å²) in [6.07, 6.45) is 1.80. The molecule has 2 aromatic rings. The summed E-state index contributed by atoms with van der Waals surface area (Å²) in [7, 11) is 1.70. The zero-order valence-corrected chi connectivity index (χ0v) is 17.5. The minimum atomic E-state index is 0.0570. The highest BCUT2D eigenvalue weighted by atomic mass is 16.7. The lowest BCUT2D eigenvalue weighted by Crippen LogP contribution is -2.30. The third-order valence-electron chi connectivity index (χ3n) is 5.54. The molecule has 5 heteroatoms. The summed E-state index contributed by atoms with van der Waals surface area (Å²) in [6, 6.07) is 15.2. The third kappa shape index (κ3) is 4.86. The van der Waals surface area contributed by atoms with Crippen molar-refractivity contribution in [2.45, 2.75) is 26.7 Å².